The van der Waals surface area contributed by atoms with Gasteiger partial charge in [-0.05, 0) is 57.4 Å². The Morgan fingerprint density at radius 2 is 1.70 bits per heavy atom. The molecular formula is C29H42O14. The van der Waals surface area contributed by atoms with Gasteiger partial charge in [0.05, 0.1) is 18.3 Å². The van der Waals surface area contributed by atoms with Crippen molar-refractivity contribution in [2.45, 2.75) is 107 Å². The van der Waals surface area contributed by atoms with E-state index >= 15 is 0 Å². The zero-order valence-electron chi connectivity index (χ0n) is 24.5. The fourth-order valence-electron chi connectivity index (χ4n) is 5.27. The normalized spacial score (nSPS) is 36.9. The molecule has 0 radical (unpaired) electrons. The summed E-state index contributed by atoms with van der Waals surface area (Å²) >= 11 is 0. The van der Waals surface area contributed by atoms with Crippen molar-refractivity contribution in [2.24, 2.45) is 0 Å². The predicted octanol–water partition coefficient (Wildman–Crippen LogP) is -1.95. The molecule has 14 nitrogen and oxygen atoms in total. The molecule has 1 aromatic rings. The molecule has 10 unspecified atom stereocenters. The van der Waals surface area contributed by atoms with Gasteiger partial charge in [-0.1, -0.05) is 11.6 Å². The molecule has 242 valence electrons. The minimum atomic E-state index is -2.34. The van der Waals surface area contributed by atoms with Gasteiger partial charge in [0, 0.05) is 6.42 Å². The van der Waals surface area contributed by atoms with Gasteiger partial charge in [-0.2, -0.15) is 0 Å². The van der Waals surface area contributed by atoms with Crippen molar-refractivity contribution >= 4 is 5.97 Å². The van der Waals surface area contributed by atoms with Crippen LogP contribution in [-0.4, -0.2) is 133 Å². The zero-order valence-corrected chi connectivity index (χ0v) is 24.5. The molecule has 0 saturated carbocycles. The largest absolute Gasteiger partial charge is 0.485 e. The maximum absolute atomic E-state index is 13.2. The number of aliphatic hydroxyl groups is 8. The van der Waals surface area contributed by atoms with E-state index in [0.717, 1.165) is 5.57 Å². The molecule has 0 bridgehead atoms. The van der Waals surface area contributed by atoms with E-state index in [9.17, 15) is 45.6 Å². The molecule has 0 aromatic heterocycles. The number of fused-ring (bicyclic) bond motifs is 1. The molecule has 1 aromatic carbocycles. The predicted molar refractivity (Wildman–Crippen MR) is 146 cm³/mol. The van der Waals surface area contributed by atoms with Gasteiger partial charge in [-0.15, -0.1) is 0 Å². The minimum absolute atomic E-state index is 0.149. The Kier molecular flexibility index (Phi) is 10.2. The van der Waals surface area contributed by atoms with Gasteiger partial charge in [0.1, 0.15) is 67.3 Å². The number of allylic oxidation sites excluding steroid dienone is 2. The van der Waals surface area contributed by atoms with Gasteiger partial charge in [-0.25, -0.2) is 4.79 Å². The second-order valence-electron chi connectivity index (χ2n) is 12.0. The highest BCUT2D eigenvalue weighted by Gasteiger charge is 2.58. The smallest absolute Gasteiger partial charge is 0.338 e. The first kappa shape index (κ1) is 33.7. The van der Waals surface area contributed by atoms with Crippen molar-refractivity contribution in [2.75, 3.05) is 19.8 Å². The topological polar surface area (TPSA) is 225 Å². The highest BCUT2D eigenvalue weighted by molar-refractivity contribution is 5.90. The molecule has 0 amide bonds. The SMILES string of the molecule is CC(C)=CCc1cc(C(=O)OCC2OC(OC3(CO)OC(CO)C(O)C3O)C(O)C(O)C2O)cc2c1OC(C)(C)C(O)C2. The standard InChI is InChI=1S/C29H42O14/c1-13(2)5-6-14-7-16(8-15-9-19(32)28(3,4)42-24(14)15)26(38)39-11-18-20(33)22(35)23(36)27(40-18)43-29(12-31)25(37)21(34)17(10-30)41-29/h5,7-8,17-23,25,27,30-37H,6,9-12H2,1-4H3. The van der Waals surface area contributed by atoms with Crippen LogP contribution in [-0.2, 0) is 31.8 Å². The monoisotopic (exact) mass is 614 g/mol. The minimum Gasteiger partial charge on any atom is -0.485 e. The van der Waals surface area contributed by atoms with Crippen LogP contribution in [0.3, 0.4) is 0 Å². The highest BCUT2D eigenvalue weighted by Crippen LogP contribution is 2.38. The van der Waals surface area contributed by atoms with E-state index in [1.54, 1.807) is 26.0 Å². The van der Waals surface area contributed by atoms with Crippen molar-refractivity contribution in [3.8, 4) is 5.75 Å². The third-order valence-electron chi connectivity index (χ3n) is 8.06. The number of carbonyl (C=O) groups excluding carboxylic acids is 1. The van der Waals surface area contributed by atoms with Crippen molar-refractivity contribution in [1.29, 1.82) is 0 Å². The maximum Gasteiger partial charge on any atom is 0.338 e. The molecule has 3 heterocycles. The number of benzene rings is 1. The van der Waals surface area contributed by atoms with Crippen LogP contribution in [0.5, 0.6) is 5.75 Å². The summed E-state index contributed by atoms with van der Waals surface area (Å²) in [6, 6.07) is 3.17. The van der Waals surface area contributed by atoms with Gasteiger partial charge in [0.25, 0.3) is 0 Å². The molecule has 43 heavy (non-hydrogen) atoms. The molecule has 2 saturated heterocycles. The van der Waals surface area contributed by atoms with Crippen LogP contribution in [0.25, 0.3) is 0 Å². The zero-order chi connectivity index (χ0) is 31.9. The molecule has 0 spiro atoms. The van der Waals surface area contributed by atoms with Gasteiger partial charge in [0.2, 0.25) is 5.79 Å². The first-order valence-corrected chi connectivity index (χ1v) is 14.1. The molecule has 10 atom stereocenters. The molecule has 14 heteroatoms. The summed E-state index contributed by atoms with van der Waals surface area (Å²) < 4.78 is 27.9. The molecule has 8 N–H and O–H groups in total. The van der Waals surface area contributed by atoms with E-state index in [0.29, 0.717) is 23.3 Å². The summed E-state index contributed by atoms with van der Waals surface area (Å²) in [5.74, 6) is -2.56. The van der Waals surface area contributed by atoms with Crippen LogP contribution in [0.1, 0.15) is 49.2 Å². The summed E-state index contributed by atoms with van der Waals surface area (Å²) in [6.07, 6.45) is -11.8. The van der Waals surface area contributed by atoms with E-state index in [1.807, 2.05) is 19.9 Å². The fourth-order valence-corrected chi connectivity index (χ4v) is 5.27. The second kappa shape index (κ2) is 13.0. The number of hydrogen-bond donors (Lipinski definition) is 8. The average molecular weight is 615 g/mol. The van der Waals surface area contributed by atoms with E-state index < -0.39 is 92.3 Å². The van der Waals surface area contributed by atoms with Crippen LogP contribution in [0, 0.1) is 0 Å². The lowest BCUT2D eigenvalue weighted by Crippen LogP contribution is -2.62. The number of aliphatic hydroxyl groups excluding tert-OH is 8. The Hall–Kier alpha value is -2.21. The van der Waals surface area contributed by atoms with E-state index in [2.05, 4.69) is 0 Å². The van der Waals surface area contributed by atoms with Crippen LogP contribution < -0.4 is 4.74 Å². The van der Waals surface area contributed by atoms with Crippen molar-refractivity contribution < 1.29 is 69.3 Å². The van der Waals surface area contributed by atoms with E-state index in [1.165, 1.54) is 0 Å². The van der Waals surface area contributed by atoms with Gasteiger partial charge in [0.15, 0.2) is 6.29 Å². The van der Waals surface area contributed by atoms with Gasteiger partial charge >= 0.3 is 5.97 Å². The van der Waals surface area contributed by atoms with E-state index in [4.69, 9.17) is 23.7 Å². The third kappa shape index (κ3) is 6.74. The lowest BCUT2D eigenvalue weighted by atomic mass is 9.88. The molecule has 3 aliphatic rings. The Labute approximate surface area is 248 Å². The average Bonchev–Trinajstić information content (AvgIpc) is 3.20. The summed E-state index contributed by atoms with van der Waals surface area (Å²) in [5.41, 5.74) is 1.69. The first-order valence-electron chi connectivity index (χ1n) is 14.1. The van der Waals surface area contributed by atoms with Crippen LogP contribution >= 0.6 is 0 Å². The molecule has 3 aliphatic heterocycles. The number of ether oxygens (including phenoxy) is 5. The van der Waals surface area contributed by atoms with Crippen LogP contribution in [0.2, 0.25) is 0 Å². The highest BCUT2D eigenvalue weighted by atomic mass is 16.8. The number of carbonyl (C=O) groups is 1. The van der Waals surface area contributed by atoms with Crippen molar-refractivity contribution in [3.05, 3.63) is 40.5 Å². The molecular weight excluding hydrogens is 572 g/mol. The number of hydrogen-bond acceptors (Lipinski definition) is 14. The lowest BCUT2D eigenvalue weighted by Gasteiger charge is -2.43. The van der Waals surface area contributed by atoms with Crippen molar-refractivity contribution in [3.63, 3.8) is 0 Å². The summed E-state index contributed by atoms with van der Waals surface area (Å²) in [6.45, 7) is 5.07. The number of rotatable bonds is 9. The van der Waals surface area contributed by atoms with Crippen LogP contribution in [0.4, 0.5) is 0 Å². The van der Waals surface area contributed by atoms with E-state index in [-0.39, 0.29) is 12.0 Å². The Morgan fingerprint density at radius 1 is 1.00 bits per heavy atom. The first-order chi connectivity index (χ1) is 20.1. The van der Waals surface area contributed by atoms with Crippen LogP contribution in [0.15, 0.2) is 23.8 Å². The Balaban J connectivity index is 1.51. The van der Waals surface area contributed by atoms with Gasteiger partial charge in [-0.3, -0.25) is 0 Å². The van der Waals surface area contributed by atoms with Crippen molar-refractivity contribution in [1.82, 2.24) is 0 Å². The summed E-state index contributed by atoms with van der Waals surface area (Å²) in [5, 5.41) is 81.9. The molecule has 2 fully saturated rings. The lowest BCUT2D eigenvalue weighted by molar-refractivity contribution is -0.383. The third-order valence-corrected chi connectivity index (χ3v) is 8.06. The number of esters is 1. The Bertz CT molecular complexity index is 1180. The quantitative estimate of drug-likeness (QED) is 0.112. The molecule has 0 aliphatic carbocycles. The Morgan fingerprint density at radius 3 is 2.30 bits per heavy atom. The van der Waals surface area contributed by atoms with Gasteiger partial charge < -0.3 is 64.5 Å². The summed E-state index contributed by atoms with van der Waals surface area (Å²) in [4.78, 5) is 13.2. The maximum atomic E-state index is 13.2. The molecule has 4 rings (SSSR count). The second-order valence-corrected chi connectivity index (χ2v) is 12.0. The summed E-state index contributed by atoms with van der Waals surface area (Å²) in [7, 11) is 0. The fraction of sp³-hybridized carbons (Fsp3) is 0.690.